The molecule has 0 aliphatic carbocycles. The van der Waals surface area contributed by atoms with Gasteiger partial charge in [0.1, 0.15) is 0 Å². The van der Waals surface area contributed by atoms with Crippen LogP contribution in [0.3, 0.4) is 0 Å². The molecule has 2 heterocycles. The molecule has 0 saturated carbocycles. The van der Waals surface area contributed by atoms with Gasteiger partial charge in [0, 0.05) is 11.5 Å². The first-order valence-corrected chi connectivity index (χ1v) is 9.26. The first-order chi connectivity index (χ1) is 12.3. The number of rotatable bonds is 6. The number of nitriles is 1. The monoisotopic (exact) mass is 345 g/mol. The van der Waals surface area contributed by atoms with Gasteiger partial charge in [0.25, 0.3) is 0 Å². The number of benzene rings is 1. The van der Waals surface area contributed by atoms with E-state index in [0.29, 0.717) is 24.7 Å². The molecule has 2 saturated heterocycles. The molecule has 0 radical (unpaired) electrons. The summed E-state index contributed by atoms with van der Waals surface area (Å²) >= 11 is 0. The maximum atomic E-state index is 8.86. The Kier molecular flexibility index (Phi) is 6.83. The van der Waals surface area contributed by atoms with Crippen LogP contribution in [0.5, 0.6) is 0 Å². The van der Waals surface area contributed by atoms with Gasteiger partial charge in [0.15, 0.2) is 12.6 Å². The van der Waals surface area contributed by atoms with Gasteiger partial charge in [-0.05, 0) is 18.6 Å². The third-order valence-electron chi connectivity index (χ3n) is 4.83. The lowest BCUT2D eigenvalue weighted by Crippen LogP contribution is -2.43. The summed E-state index contributed by atoms with van der Waals surface area (Å²) in [7, 11) is 0. The Labute approximate surface area is 149 Å². The highest BCUT2D eigenvalue weighted by molar-refractivity contribution is 5.32. The minimum absolute atomic E-state index is 0.103. The molecular formula is C20H27NO4. The summed E-state index contributed by atoms with van der Waals surface area (Å²) in [6.07, 6.45) is 4.34. The first-order valence-electron chi connectivity index (χ1n) is 9.26. The molecule has 2 fully saturated rings. The summed E-state index contributed by atoms with van der Waals surface area (Å²) < 4.78 is 23.5. The zero-order valence-corrected chi connectivity index (χ0v) is 14.9. The van der Waals surface area contributed by atoms with Crippen molar-refractivity contribution in [1.29, 1.82) is 5.26 Å². The lowest BCUT2D eigenvalue weighted by atomic mass is 10.0. The molecule has 3 rings (SSSR count). The third-order valence-corrected chi connectivity index (χ3v) is 4.83. The van der Waals surface area contributed by atoms with Crippen molar-refractivity contribution in [2.45, 2.75) is 45.2 Å². The van der Waals surface area contributed by atoms with Gasteiger partial charge in [-0.2, -0.15) is 5.26 Å². The molecule has 1 aromatic carbocycles. The normalized spacial score (nSPS) is 29.9. The maximum absolute atomic E-state index is 8.86. The number of hydrogen-bond donors (Lipinski definition) is 0. The van der Waals surface area contributed by atoms with Crippen LogP contribution in [0.4, 0.5) is 0 Å². The van der Waals surface area contributed by atoms with E-state index in [-0.39, 0.29) is 18.5 Å². The van der Waals surface area contributed by atoms with Gasteiger partial charge < -0.3 is 18.9 Å². The van der Waals surface area contributed by atoms with Crippen LogP contribution < -0.4 is 0 Å². The lowest BCUT2D eigenvalue weighted by Gasteiger charge is -2.37. The van der Waals surface area contributed by atoms with Gasteiger partial charge in [-0.3, -0.25) is 0 Å². The van der Waals surface area contributed by atoms with Gasteiger partial charge in [0.05, 0.1) is 44.0 Å². The molecule has 0 atom stereocenters. The Hall–Kier alpha value is -1.45. The van der Waals surface area contributed by atoms with Crippen molar-refractivity contribution in [3.8, 4) is 6.07 Å². The van der Waals surface area contributed by atoms with Gasteiger partial charge in [-0.15, -0.1) is 0 Å². The van der Waals surface area contributed by atoms with Crippen molar-refractivity contribution >= 4 is 0 Å². The predicted octanol–water partition coefficient (Wildman–Crippen LogP) is 3.79. The fourth-order valence-electron chi connectivity index (χ4n) is 3.26. The second-order valence-corrected chi connectivity index (χ2v) is 6.89. The fourth-order valence-corrected chi connectivity index (χ4v) is 3.26. The molecule has 0 N–H and O–H groups in total. The van der Waals surface area contributed by atoms with Crippen LogP contribution in [0.25, 0.3) is 0 Å². The van der Waals surface area contributed by atoms with Gasteiger partial charge in [-0.25, -0.2) is 0 Å². The van der Waals surface area contributed by atoms with E-state index in [4.69, 9.17) is 24.2 Å². The second kappa shape index (κ2) is 9.30. The second-order valence-electron chi connectivity index (χ2n) is 6.89. The summed E-state index contributed by atoms with van der Waals surface area (Å²) in [5.41, 5.74) is 1.56. The predicted molar refractivity (Wildman–Crippen MR) is 92.6 cm³/mol. The van der Waals surface area contributed by atoms with E-state index in [1.165, 1.54) is 25.7 Å². The Balaban J connectivity index is 1.41. The maximum Gasteiger partial charge on any atom is 0.183 e. The molecule has 0 aromatic heterocycles. The molecule has 0 amide bonds. The SMILES string of the molecule is CCCCC[C@H]1CO[C@H]([C@H]2CO[C@H](c3ccc(C#N)cc3)OC2)OC1. The molecule has 2 aliphatic heterocycles. The van der Waals surface area contributed by atoms with Crippen LogP contribution in [0, 0.1) is 23.2 Å². The van der Waals surface area contributed by atoms with Gasteiger partial charge in [0.2, 0.25) is 0 Å². The van der Waals surface area contributed by atoms with Crippen LogP contribution in [-0.4, -0.2) is 32.7 Å². The van der Waals surface area contributed by atoms with Crippen LogP contribution in [0.2, 0.25) is 0 Å². The molecule has 0 bridgehead atoms. The molecule has 5 nitrogen and oxygen atoms in total. The highest BCUT2D eigenvalue weighted by atomic mass is 16.7. The van der Waals surface area contributed by atoms with E-state index >= 15 is 0 Å². The van der Waals surface area contributed by atoms with Crippen molar-refractivity contribution < 1.29 is 18.9 Å². The Morgan fingerprint density at radius 2 is 1.64 bits per heavy atom. The quantitative estimate of drug-likeness (QED) is 0.734. The summed E-state index contributed by atoms with van der Waals surface area (Å²) in [6.45, 7) is 4.86. The molecule has 1 aromatic rings. The molecule has 0 unspecified atom stereocenters. The summed E-state index contributed by atoms with van der Waals surface area (Å²) in [6, 6.07) is 9.41. The Bertz CT molecular complexity index is 552. The highest BCUT2D eigenvalue weighted by Crippen LogP contribution is 2.29. The van der Waals surface area contributed by atoms with Crippen molar-refractivity contribution in [1.82, 2.24) is 0 Å². The molecule has 0 spiro atoms. The Morgan fingerprint density at radius 3 is 2.24 bits per heavy atom. The van der Waals surface area contributed by atoms with Gasteiger partial charge >= 0.3 is 0 Å². The number of nitrogens with zero attached hydrogens (tertiary/aromatic N) is 1. The first kappa shape index (κ1) is 18.3. The zero-order valence-electron chi connectivity index (χ0n) is 14.9. The van der Waals surface area contributed by atoms with Crippen molar-refractivity contribution in [3.05, 3.63) is 35.4 Å². The molecule has 136 valence electrons. The average molecular weight is 345 g/mol. The number of unbranched alkanes of at least 4 members (excludes halogenated alkanes) is 2. The topological polar surface area (TPSA) is 60.7 Å². The van der Waals surface area contributed by atoms with Crippen LogP contribution in [-0.2, 0) is 18.9 Å². The van der Waals surface area contributed by atoms with E-state index in [1.54, 1.807) is 12.1 Å². The van der Waals surface area contributed by atoms with E-state index in [9.17, 15) is 0 Å². The van der Waals surface area contributed by atoms with E-state index in [1.807, 2.05) is 12.1 Å². The number of hydrogen-bond acceptors (Lipinski definition) is 5. The van der Waals surface area contributed by atoms with E-state index in [2.05, 4.69) is 13.0 Å². The van der Waals surface area contributed by atoms with Crippen molar-refractivity contribution in [3.63, 3.8) is 0 Å². The van der Waals surface area contributed by atoms with Crippen LogP contribution in [0.1, 0.15) is 50.0 Å². The van der Waals surface area contributed by atoms with Gasteiger partial charge in [-0.1, -0.05) is 38.3 Å². The summed E-state index contributed by atoms with van der Waals surface area (Å²) in [5.74, 6) is 0.617. The van der Waals surface area contributed by atoms with Crippen LogP contribution in [0.15, 0.2) is 24.3 Å². The van der Waals surface area contributed by atoms with Crippen molar-refractivity contribution in [2.24, 2.45) is 11.8 Å². The third kappa shape index (κ3) is 5.02. The van der Waals surface area contributed by atoms with Crippen molar-refractivity contribution in [2.75, 3.05) is 26.4 Å². The summed E-state index contributed by atoms with van der Waals surface area (Å²) in [5, 5.41) is 8.86. The molecule has 25 heavy (non-hydrogen) atoms. The van der Waals surface area contributed by atoms with E-state index < -0.39 is 0 Å². The fraction of sp³-hybridized carbons (Fsp3) is 0.650. The minimum atomic E-state index is -0.380. The smallest absolute Gasteiger partial charge is 0.183 e. The Morgan fingerprint density at radius 1 is 0.960 bits per heavy atom. The standard InChI is InChI=1S/C20H27NO4/c1-2-3-4-5-16-11-22-20(23-12-16)18-13-24-19(25-14-18)17-8-6-15(10-21)7-9-17/h6-9,16,18-20H,2-5,11-14H2,1H3/t16-,18-,19-,20-. The minimum Gasteiger partial charge on any atom is -0.352 e. The van der Waals surface area contributed by atoms with Crippen LogP contribution >= 0.6 is 0 Å². The molecule has 5 heteroatoms. The highest BCUT2D eigenvalue weighted by Gasteiger charge is 2.34. The average Bonchev–Trinajstić information content (AvgIpc) is 2.69. The zero-order chi connectivity index (χ0) is 17.5. The molecule has 2 aliphatic rings. The van der Waals surface area contributed by atoms with E-state index in [0.717, 1.165) is 18.8 Å². The number of ether oxygens (including phenoxy) is 4. The molecular weight excluding hydrogens is 318 g/mol. The lowest BCUT2D eigenvalue weighted by molar-refractivity contribution is -0.283. The summed E-state index contributed by atoms with van der Waals surface area (Å²) in [4.78, 5) is 0. The largest absolute Gasteiger partial charge is 0.352 e.